The molecule has 4 heteroatoms. The van der Waals surface area contributed by atoms with Gasteiger partial charge in [-0.1, -0.05) is 11.6 Å². The van der Waals surface area contributed by atoms with Crippen LogP contribution in [0.15, 0.2) is 10.8 Å². The Bertz CT molecular complexity index is 226. The van der Waals surface area contributed by atoms with Crippen molar-refractivity contribution in [2.24, 2.45) is 5.73 Å². The summed E-state index contributed by atoms with van der Waals surface area (Å²) in [6.07, 6.45) is 0.566. The standard InChI is InChI=1S/C7H10ClNOS/c8-6-4-11-3-5(6)7(9)1-2-10/h3-4,7,10H,1-2,9H2. The molecule has 0 radical (unpaired) electrons. The van der Waals surface area contributed by atoms with Crippen LogP contribution in [0, 0.1) is 0 Å². The zero-order valence-electron chi connectivity index (χ0n) is 5.96. The van der Waals surface area contributed by atoms with Crippen molar-refractivity contribution in [3.63, 3.8) is 0 Å². The van der Waals surface area contributed by atoms with Crippen molar-refractivity contribution in [1.29, 1.82) is 0 Å². The fraction of sp³-hybridized carbons (Fsp3) is 0.429. The molecule has 2 nitrogen and oxygen atoms in total. The van der Waals surface area contributed by atoms with Crippen molar-refractivity contribution < 1.29 is 5.11 Å². The van der Waals surface area contributed by atoms with E-state index in [-0.39, 0.29) is 12.6 Å². The number of hydrogen-bond acceptors (Lipinski definition) is 3. The van der Waals surface area contributed by atoms with Crippen LogP contribution in [0.4, 0.5) is 0 Å². The molecule has 1 aromatic heterocycles. The summed E-state index contributed by atoms with van der Waals surface area (Å²) in [5, 5.41) is 13.1. The highest BCUT2D eigenvalue weighted by atomic mass is 35.5. The molecule has 1 heterocycles. The first-order valence-corrected chi connectivity index (χ1v) is 4.65. The predicted octanol–water partition coefficient (Wildman–Crippen LogP) is 1.78. The lowest BCUT2D eigenvalue weighted by Gasteiger charge is -2.07. The summed E-state index contributed by atoms with van der Waals surface area (Å²) in [5.74, 6) is 0. The monoisotopic (exact) mass is 191 g/mol. The van der Waals surface area contributed by atoms with Gasteiger partial charge < -0.3 is 10.8 Å². The quantitative estimate of drug-likeness (QED) is 0.765. The molecule has 0 aromatic carbocycles. The minimum atomic E-state index is -0.126. The second kappa shape index (κ2) is 4.07. The van der Waals surface area contributed by atoms with Gasteiger partial charge in [-0.3, -0.25) is 0 Å². The Morgan fingerprint density at radius 2 is 2.36 bits per heavy atom. The Morgan fingerprint density at radius 1 is 1.64 bits per heavy atom. The Labute approximate surface area is 74.6 Å². The Balaban J connectivity index is 2.67. The van der Waals surface area contributed by atoms with Crippen molar-refractivity contribution >= 4 is 22.9 Å². The molecule has 1 unspecified atom stereocenters. The van der Waals surface area contributed by atoms with E-state index in [1.165, 1.54) is 11.3 Å². The Kier molecular flexibility index (Phi) is 3.33. The van der Waals surface area contributed by atoms with Gasteiger partial charge in [-0.25, -0.2) is 0 Å². The summed E-state index contributed by atoms with van der Waals surface area (Å²) in [7, 11) is 0. The summed E-state index contributed by atoms with van der Waals surface area (Å²) in [6.45, 7) is 0.105. The molecule has 11 heavy (non-hydrogen) atoms. The Hall–Kier alpha value is -0.0900. The molecule has 0 amide bonds. The lowest BCUT2D eigenvalue weighted by molar-refractivity contribution is 0.276. The van der Waals surface area contributed by atoms with Crippen LogP contribution in [-0.2, 0) is 0 Å². The normalized spacial score (nSPS) is 13.4. The highest BCUT2D eigenvalue weighted by Crippen LogP contribution is 2.26. The third-order valence-corrected chi connectivity index (χ3v) is 2.70. The molecule has 0 aliphatic heterocycles. The maximum Gasteiger partial charge on any atom is 0.0560 e. The third kappa shape index (κ3) is 2.17. The number of rotatable bonds is 3. The maximum absolute atomic E-state index is 8.61. The molecule has 62 valence electrons. The first-order chi connectivity index (χ1) is 5.25. The number of thiophene rings is 1. The third-order valence-electron chi connectivity index (χ3n) is 1.48. The summed E-state index contributed by atoms with van der Waals surface area (Å²) in [6, 6.07) is -0.126. The van der Waals surface area contributed by atoms with E-state index < -0.39 is 0 Å². The summed E-state index contributed by atoms with van der Waals surface area (Å²) in [4.78, 5) is 0. The van der Waals surface area contributed by atoms with Crippen LogP contribution < -0.4 is 5.73 Å². The molecule has 0 spiro atoms. The molecule has 0 bridgehead atoms. The van der Waals surface area contributed by atoms with E-state index in [1.54, 1.807) is 0 Å². The molecule has 0 saturated carbocycles. The summed E-state index contributed by atoms with van der Waals surface area (Å²) in [5.41, 5.74) is 6.65. The topological polar surface area (TPSA) is 46.2 Å². The van der Waals surface area contributed by atoms with Crippen LogP contribution in [0.1, 0.15) is 18.0 Å². The second-order valence-electron chi connectivity index (χ2n) is 2.29. The molecule has 0 aliphatic carbocycles. The van der Waals surface area contributed by atoms with Gasteiger partial charge in [-0.2, -0.15) is 11.3 Å². The zero-order chi connectivity index (χ0) is 8.27. The van der Waals surface area contributed by atoms with Gasteiger partial charge in [0, 0.05) is 18.0 Å². The van der Waals surface area contributed by atoms with Crippen LogP contribution in [0.25, 0.3) is 0 Å². The minimum Gasteiger partial charge on any atom is -0.396 e. The molecule has 3 N–H and O–H groups in total. The summed E-state index contributed by atoms with van der Waals surface area (Å²) < 4.78 is 0. The predicted molar refractivity (Wildman–Crippen MR) is 48.0 cm³/mol. The number of hydrogen-bond donors (Lipinski definition) is 2. The van der Waals surface area contributed by atoms with Crippen LogP contribution in [0.3, 0.4) is 0 Å². The smallest absolute Gasteiger partial charge is 0.0560 e. The van der Waals surface area contributed by atoms with E-state index in [4.69, 9.17) is 22.4 Å². The van der Waals surface area contributed by atoms with Crippen LogP contribution in [0.2, 0.25) is 5.02 Å². The fourth-order valence-electron chi connectivity index (χ4n) is 0.850. The largest absolute Gasteiger partial charge is 0.396 e. The van der Waals surface area contributed by atoms with Crippen LogP contribution in [-0.4, -0.2) is 11.7 Å². The lowest BCUT2D eigenvalue weighted by Crippen LogP contribution is -2.11. The Morgan fingerprint density at radius 3 is 2.82 bits per heavy atom. The molecule has 0 aliphatic rings. The van der Waals surface area contributed by atoms with Crippen molar-refractivity contribution in [1.82, 2.24) is 0 Å². The highest BCUT2D eigenvalue weighted by Gasteiger charge is 2.09. The first-order valence-electron chi connectivity index (χ1n) is 3.33. The van der Waals surface area contributed by atoms with Gasteiger partial charge in [0.25, 0.3) is 0 Å². The van der Waals surface area contributed by atoms with Gasteiger partial charge in [0.15, 0.2) is 0 Å². The van der Waals surface area contributed by atoms with Gasteiger partial charge in [0.2, 0.25) is 0 Å². The molecule has 1 aromatic rings. The number of halogens is 1. The van der Waals surface area contributed by atoms with E-state index in [9.17, 15) is 0 Å². The number of aliphatic hydroxyl groups excluding tert-OH is 1. The molecule has 0 saturated heterocycles. The van der Waals surface area contributed by atoms with E-state index in [1.807, 2.05) is 10.8 Å². The van der Waals surface area contributed by atoms with Gasteiger partial charge in [0.1, 0.15) is 0 Å². The fourth-order valence-corrected chi connectivity index (χ4v) is 2.04. The van der Waals surface area contributed by atoms with Gasteiger partial charge in [-0.15, -0.1) is 0 Å². The maximum atomic E-state index is 8.61. The SMILES string of the molecule is NC(CCO)c1cscc1Cl. The first kappa shape index (κ1) is 9.00. The van der Waals surface area contributed by atoms with Gasteiger partial charge in [-0.05, 0) is 17.4 Å². The minimum absolute atomic E-state index is 0.105. The van der Waals surface area contributed by atoms with E-state index in [0.717, 1.165) is 5.56 Å². The lowest BCUT2D eigenvalue weighted by atomic mass is 10.1. The van der Waals surface area contributed by atoms with Gasteiger partial charge >= 0.3 is 0 Å². The van der Waals surface area contributed by atoms with E-state index in [0.29, 0.717) is 11.4 Å². The molecular formula is C7H10ClNOS. The van der Waals surface area contributed by atoms with Crippen molar-refractivity contribution in [3.05, 3.63) is 21.3 Å². The van der Waals surface area contributed by atoms with Crippen LogP contribution >= 0.6 is 22.9 Å². The van der Waals surface area contributed by atoms with Crippen molar-refractivity contribution in [2.75, 3.05) is 6.61 Å². The molecule has 0 fully saturated rings. The van der Waals surface area contributed by atoms with E-state index in [2.05, 4.69) is 0 Å². The zero-order valence-corrected chi connectivity index (χ0v) is 7.53. The summed E-state index contributed by atoms with van der Waals surface area (Å²) >= 11 is 7.35. The molecular weight excluding hydrogens is 182 g/mol. The number of nitrogens with two attached hydrogens (primary N) is 1. The highest BCUT2D eigenvalue weighted by molar-refractivity contribution is 7.08. The average molecular weight is 192 g/mol. The van der Waals surface area contributed by atoms with Crippen molar-refractivity contribution in [2.45, 2.75) is 12.5 Å². The van der Waals surface area contributed by atoms with Gasteiger partial charge in [0.05, 0.1) is 5.02 Å². The second-order valence-corrected chi connectivity index (χ2v) is 3.44. The molecule has 1 atom stereocenters. The van der Waals surface area contributed by atoms with Crippen LogP contribution in [0.5, 0.6) is 0 Å². The average Bonchev–Trinajstić information content (AvgIpc) is 2.36. The van der Waals surface area contributed by atoms with Crippen molar-refractivity contribution in [3.8, 4) is 0 Å². The van der Waals surface area contributed by atoms with E-state index >= 15 is 0 Å². The number of aliphatic hydroxyl groups is 1. The molecule has 1 rings (SSSR count).